The summed E-state index contributed by atoms with van der Waals surface area (Å²) in [7, 11) is 1.61. The minimum Gasteiger partial charge on any atom is -0.493 e. The van der Waals surface area contributed by atoms with Gasteiger partial charge in [-0.15, -0.1) is 0 Å². The van der Waals surface area contributed by atoms with E-state index in [9.17, 15) is 4.79 Å². The molecule has 0 saturated heterocycles. The maximum Gasteiger partial charge on any atom is 0.329 e. The second-order valence-corrected chi connectivity index (χ2v) is 4.90. The molecule has 1 aromatic rings. The molecular weight excluding hydrogens is 260 g/mol. The van der Waals surface area contributed by atoms with E-state index in [-0.39, 0.29) is 19.3 Å². The van der Waals surface area contributed by atoms with Gasteiger partial charge in [0.1, 0.15) is 6.61 Å². The summed E-state index contributed by atoms with van der Waals surface area (Å²) in [6, 6.07) is 5.53. The molecule has 1 N–H and O–H groups in total. The molecule has 1 aromatic carbocycles. The van der Waals surface area contributed by atoms with Gasteiger partial charge in [-0.3, -0.25) is 0 Å². The Morgan fingerprint density at radius 1 is 1.30 bits per heavy atom. The van der Waals surface area contributed by atoms with Gasteiger partial charge >= 0.3 is 5.97 Å². The van der Waals surface area contributed by atoms with Crippen LogP contribution in [0.15, 0.2) is 18.2 Å². The Kier molecular flexibility index (Phi) is 5.24. The van der Waals surface area contributed by atoms with Gasteiger partial charge in [0.2, 0.25) is 0 Å². The first-order valence-corrected chi connectivity index (χ1v) is 6.82. The fourth-order valence-corrected chi connectivity index (χ4v) is 2.34. The van der Waals surface area contributed by atoms with E-state index in [4.69, 9.17) is 19.3 Å². The zero-order valence-electron chi connectivity index (χ0n) is 11.6. The molecular formula is C15H20O5. The van der Waals surface area contributed by atoms with Crippen LogP contribution in [0.25, 0.3) is 0 Å². The zero-order chi connectivity index (χ0) is 14.4. The predicted molar refractivity (Wildman–Crippen MR) is 73.2 cm³/mol. The topological polar surface area (TPSA) is 65.0 Å². The van der Waals surface area contributed by atoms with Crippen LogP contribution in [0, 0.1) is 0 Å². The number of ether oxygens (including phenoxy) is 3. The zero-order valence-corrected chi connectivity index (χ0v) is 11.6. The molecule has 5 nitrogen and oxygen atoms in total. The van der Waals surface area contributed by atoms with Crippen LogP contribution < -0.4 is 9.47 Å². The molecule has 0 amide bonds. The monoisotopic (exact) mass is 280 g/mol. The fourth-order valence-electron chi connectivity index (χ4n) is 2.34. The van der Waals surface area contributed by atoms with Gasteiger partial charge in [0.25, 0.3) is 0 Å². The highest BCUT2D eigenvalue weighted by molar-refractivity contribution is 5.68. The van der Waals surface area contributed by atoms with Crippen molar-refractivity contribution in [3.05, 3.63) is 23.8 Å². The van der Waals surface area contributed by atoms with Crippen LogP contribution in [0.2, 0.25) is 0 Å². The maximum atomic E-state index is 10.4. The lowest BCUT2D eigenvalue weighted by atomic mass is 10.2. The Hall–Kier alpha value is -1.75. The number of hydrogen-bond donors (Lipinski definition) is 1. The van der Waals surface area contributed by atoms with E-state index in [1.165, 1.54) is 12.8 Å². The van der Waals surface area contributed by atoms with Crippen LogP contribution in [0.3, 0.4) is 0 Å². The summed E-state index contributed by atoms with van der Waals surface area (Å²) < 4.78 is 16.3. The molecule has 1 fully saturated rings. The highest BCUT2D eigenvalue weighted by Gasteiger charge is 2.18. The first-order chi connectivity index (χ1) is 9.69. The van der Waals surface area contributed by atoms with Crippen molar-refractivity contribution in [3.63, 3.8) is 0 Å². The first kappa shape index (κ1) is 14.7. The van der Waals surface area contributed by atoms with E-state index < -0.39 is 5.97 Å². The third kappa shape index (κ3) is 4.13. The summed E-state index contributed by atoms with van der Waals surface area (Å²) in [5.41, 5.74) is 0.875. The third-order valence-corrected chi connectivity index (χ3v) is 3.32. The van der Waals surface area contributed by atoms with E-state index in [2.05, 4.69) is 0 Å². The van der Waals surface area contributed by atoms with Crippen molar-refractivity contribution in [1.29, 1.82) is 0 Å². The molecule has 1 aliphatic rings. The van der Waals surface area contributed by atoms with Crippen LogP contribution in [0.4, 0.5) is 0 Å². The molecule has 5 heteroatoms. The summed E-state index contributed by atoms with van der Waals surface area (Å²) in [6.07, 6.45) is 4.80. The van der Waals surface area contributed by atoms with E-state index in [1.807, 2.05) is 18.2 Å². The van der Waals surface area contributed by atoms with Crippen molar-refractivity contribution >= 4 is 5.97 Å². The van der Waals surface area contributed by atoms with E-state index >= 15 is 0 Å². The Balaban J connectivity index is 2.01. The lowest BCUT2D eigenvalue weighted by molar-refractivity contribution is -0.142. The molecule has 2 rings (SSSR count). The van der Waals surface area contributed by atoms with Crippen molar-refractivity contribution in [2.24, 2.45) is 0 Å². The molecule has 0 radical (unpaired) electrons. The van der Waals surface area contributed by atoms with Gasteiger partial charge in [0.15, 0.2) is 11.5 Å². The summed E-state index contributed by atoms with van der Waals surface area (Å²) in [6.45, 7) is -0.0534. The average Bonchev–Trinajstić information content (AvgIpc) is 2.91. The fraction of sp³-hybridized carbons (Fsp3) is 0.533. The van der Waals surface area contributed by atoms with Gasteiger partial charge in [-0.25, -0.2) is 4.79 Å². The number of aliphatic carboxylic acids is 1. The largest absolute Gasteiger partial charge is 0.493 e. The number of hydrogen-bond acceptors (Lipinski definition) is 4. The summed E-state index contributed by atoms with van der Waals surface area (Å²) in [4.78, 5) is 10.4. The van der Waals surface area contributed by atoms with Crippen molar-refractivity contribution in [3.8, 4) is 11.5 Å². The number of carboxylic acids is 1. The van der Waals surface area contributed by atoms with Crippen LogP contribution in [-0.4, -0.2) is 30.9 Å². The number of rotatable bonds is 7. The normalized spacial score (nSPS) is 15.2. The summed E-state index contributed by atoms with van der Waals surface area (Å²) in [5.74, 6) is 0.427. The predicted octanol–water partition coefficient (Wildman–Crippen LogP) is 2.62. The molecule has 0 bridgehead atoms. The quantitative estimate of drug-likeness (QED) is 0.831. The molecule has 1 aliphatic carbocycles. The smallest absolute Gasteiger partial charge is 0.329 e. The van der Waals surface area contributed by atoms with Crippen molar-refractivity contribution in [1.82, 2.24) is 0 Å². The molecule has 110 valence electrons. The molecule has 0 spiro atoms. The van der Waals surface area contributed by atoms with Crippen LogP contribution in [0.1, 0.15) is 31.2 Å². The highest BCUT2D eigenvalue weighted by Crippen LogP contribution is 2.32. The van der Waals surface area contributed by atoms with E-state index in [0.29, 0.717) is 11.5 Å². The Morgan fingerprint density at radius 3 is 2.70 bits per heavy atom. The number of methoxy groups -OCH3 is 1. The minimum absolute atomic E-state index is 0.247. The summed E-state index contributed by atoms with van der Waals surface area (Å²) in [5, 5.41) is 8.55. The Bertz CT molecular complexity index is 452. The van der Waals surface area contributed by atoms with Gasteiger partial charge in [0, 0.05) is 0 Å². The van der Waals surface area contributed by atoms with Gasteiger partial charge in [0.05, 0.1) is 19.8 Å². The molecule has 0 heterocycles. The highest BCUT2D eigenvalue weighted by atomic mass is 16.5. The van der Waals surface area contributed by atoms with Crippen molar-refractivity contribution in [2.45, 2.75) is 38.4 Å². The van der Waals surface area contributed by atoms with Crippen molar-refractivity contribution in [2.75, 3.05) is 13.7 Å². The number of carbonyl (C=O) groups is 1. The minimum atomic E-state index is -0.971. The SMILES string of the molecule is COc1ccc(COCC(=O)O)cc1OC1CCCC1. The second-order valence-electron chi connectivity index (χ2n) is 4.90. The van der Waals surface area contributed by atoms with E-state index in [0.717, 1.165) is 18.4 Å². The number of benzene rings is 1. The summed E-state index contributed by atoms with van der Waals surface area (Å²) >= 11 is 0. The molecule has 0 aliphatic heterocycles. The molecule has 1 saturated carbocycles. The van der Waals surface area contributed by atoms with Gasteiger partial charge in [-0.05, 0) is 43.4 Å². The lowest BCUT2D eigenvalue weighted by Gasteiger charge is -2.16. The van der Waals surface area contributed by atoms with Gasteiger partial charge < -0.3 is 19.3 Å². The van der Waals surface area contributed by atoms with Crippen molar-refractivity contribution < 1.29 is 24.1 Å². The second kappa shape index (κ2) is 7.14. The third-order valence-electron chi connectivity index (χ3n) is 3.32. The lowest BCUT2D eigenvalue weighted by Crippen LogP contribution is -2.12. The average molecular weight is 280 g/mol. The first-order valence-electron chi connectivity index (χ1n) is 6.82. The van der Waals surface area contributed by atoms with E-state index in [1.54, 1.807) is 7.11 Å². The molecule has 0 unspecified atom stereocenters. The van der Waals surface area contributed by atoms with Crippen LogP contribution >= 0.6 is 0 Å². The molecule has 0 aromatic heterocycles. The Labute approximate surface area is 118 Å². The van der Waals surface area contributed by atoms with Gasteiger partial charge in [-0.1, -0.05) is 6.07 Å². The molecule has 0 atom stereocenters. The van der Waals surface area contributed by atoms with Crippen LogP contribution in [-0.2, 0) is 16.1 Å². The molecule has 20 heavy (non-hydrogen) atoms. The standard InChI is InChI=1S/C15H20O5/c1-18-13-7-6-11(9-19-10-15(16)17)8-14(13)20-12-4-2-3-5-12/h6-8,12H,2-5,9-10H2,1H3,(H,16,17). The number of carboxylic acid groups (broad SMARTS) is 1. The Morgan fingerprint density at radius 2 is 2.05 bits per heavy atom. The van der Waals surface area contributed by atoms with Gasteiger partial charge in [-0.2, -0.15) is 0 Å². The maximum absolute atomic E-state index is 10.4. The van der Waals surface area contributed by atoms with Crippen LogP contribution in [0.5, 0.6) is 11.5 Å².